The van der Waals surface area contributed by atoms with Crippen LogP contribution in [0.1, 0.15) is 24.8 Å². The molecule has 0 radical (unpaired) electrons. The molecule has 0 amide bonds. The van der Waals surface area contributed by atoms with Crippen molar-refractivity contribution in [2.24, 2.45) is 5.92 Å². The summed E-state index contributed by atoms with van der Waals surface area (Å²) in [5.41, 5.74) is 1.25. The number of aromatic nitrogens is 1. The topological polar surface area (TPSA) is 36.4 Å². The van der Waals surface area contributed by atoms with Crippen LogP contribution >= 0.6 is 15.9 Å². The highest BCUT2D eigenvalue weighted by atomic mass is 79.9. The molecule has 0 aromatic carbocycles. The van der Waals surface area contributed by atoms with Crippen molar-refractivity contribution in [2.75, 3.05) is 19.7 Å². The van der Waals surface area contributed by atoms with E-state index in [0.717, 1.165) is 30.5 Å². The summed E-state index contributed by atoms with van der Waals surface area (Å²) in [6.07, 6.45) is 7.18. The molecule has 1 saturated heterocycles. The van der Waals surface area contributed by atoms with Crippen LogP contribution < -0.4 is 0 Å². The minimum Gasteiger partial charge on any atom is -0.396 e. The maximum Gasteiger partial charge on any atom is 0.0434 e. The fourth-order valence-corrected chi connectivity index (χ4v) is 2.93. The molecule has 1 fully saturated rings. The van der Waals surface area contributed by atoms with E-state index < -0.39 is 0 Å². The van der Waals surface area contributed by atoms with E-state index in [0.29, 0.717) is 12.5 Å². The lowest BCUT2D eigenvalue weighted by Gasteiger charge is -2.32. The van der Waals surface area contributed by atoms with Gasteiger partial charge in [0.05, 0.1) is 0 Å². The molecule has 2 rings (SSSR count). The molecule has 2 heterocycles. The highest BCUT2D eigenvalue weighted by Gasteiger charge is 2.19. The number of hydrogen-bond donors (Lipinski definition) is 1. The molecule has 4 heteroatoms. The Morgan fingerprint density at radius 1 is 1.47 bits per heavy atom. The number of aliphatic hydroxyl groups is 1. The minimum atomic E-state index is 0.316. The Labute approximate surface area is 111 Å². The van der Waals surface area contributed by atoms with E-state index in [-0.39, 0.29) is 0 Å². The van der Waals surface area contributed by atoms with Gasteiger partial charge in [0, 0.05) is 36.6 Å². The lowest BCUT2D eigenvalue weighted by molar-refractivity contribution is 0.142. The zero-order valence-corrected chi connectivity index (χ0v) is 11.6. The molecule has 0 aliphatic carbocycles. The Morgan fingerprint density at radius 3 is 3.12 bits per heavy atom. The third-order valence-electron chi connectivity index (χ3n) is 3.31. The van der Waals surface area contributed by atoms with Crippen LogP contribution in [0.3, 0.4) is 0 Å². The molecule has 0 saturated carbocycles. The van der Waals surface area contributed by atoms with Crippen LogP contribution in [0.2, 0.25) is 0 Å². The van der Waals surface area contributed by atoms with Gasteiger partial charge in [-0.05, 0) is 59.3 Å². The standard InChI is InChI=1S/C13H19BrN2O/c14-13-6-12(7-15-8-13)10-16-4-1-2-11(9-16)3-5-17/h6-8,11,17H,1-5,9-10H2. The molecule has 1 aliphatic heterocycles. The molecular weight excluding hydrogens is 280 g/mol. The van der Waals surface area contributed by atoms with Gasteiger partial charge in [-0.1, -0.05) is 0 Å². The predicted molar refractivity (Wildman–Crippen MR) is 71.6 cm³/mol. The van der Waals surface area contributed by atoms with Gasteiger partial charge in [0.15, 0.2) is 0 Å². The average Bonchev–Trinajstić information content (AvgIpc) is 2.30. The second-order valence-electron chi connectivity index (χ2n) is 4.77. The number of hydrogen-bond acceptors (Lipinski definition) is 3. The van der Waals surface area contributed by atoms with Crippen molar-refractivity contribution in [1.82, 2.24) is 9.88 Å². The number of aliphatic hydroxyl groups excluding tert-OH is 1. The molecule has 94 valence electrons. The number of rotatable bonds is 4. The van der Waals surface area contributed by atoms with Gasteiger partial charge in [-0.2, -0.15) is 0 Å². The van der Waals surface area contributed by atoms with Crippen LogP contribution in [-0.4, -0.2) is 34.7 Å². The van der Waals surface area contributed by atoms with E-state index in [1.165, 1.54) is 18.4 Å². The van der Waals surface area contributed by atoms with Crippen molar-refractivity contribution in [3.8, 4) is 0 Å². The molecule has 0 spiro atoms. The number of likely N-dealkylation sites (tertiary alicyclic amines) is 1. The van der Waals surface area contributed by atoms with E-state index in [9.17, 15) is 0 Å². The summed E-state index contributed by atoms with van der Waals surface area (Å²) in [5.74, 6) is 0.661. The third kappa shape index (κ3) is 4.05. The monoisotopic (exact) mass is 298 g/mol. The molecule has 1 aliphatic rings. The van der Waals surface area contributed by atoms with Gasteiger partial charge in [-0.25, -0.2) is 0 Å². The summed E-state index contributed by atoms with van der Waals surface area (Å²) in [6.45, 7) is 3.55. The number of pyridine rings is 1. The summed E-state index contributed by atoms with van der Waals surface area (Å²) >= 11 is 3.45. The molecule has 1 atom stereocenters. The minimum absolute atomic E-state index is 0.316. The summed E-state index contributed by atoms with van der Waals surface area (Å²) in [7, 11) is 0. The van der Waals surface area contributed by atoms with Crippen molar-refractivity contribution in [3.63, 3.8) is 0 Å². The van der Waals surface area contributed by atoms with Crippen molar-refractivity contribution >= 4 is 15.9 Å². The normalized spacial score (nSPS) is 21.6. The fourth-order valence-electron chi connectivity index (χ4n) is 2.51. The van der Waals surface area contributed by atoms with Crippen molar-refractivity contribution in [1.29, 1.82) is 0 Å². The summed E-state index contributed by atoms with van der Waals surface area (Å²) in [6, 6.07) is 2.13. The molecule has 0 bridgehead atoms. The second-order valence-corrected chi connectivity index (χ2v) is 5.68. The number of nitrogens with zero attached hydrogens (tertiary/aromatic N) is 2. The van der Waals surface area contributed by atoms with Gasteiger partial charge in [-0.3, -0.25) is 9.88 Å². The highest BCUT2D eigenvalue weighted by Crippen LogP contribution is 2.21. The first-order chi connectivity index (χ1) is 8.28. The Kier molecular flexibility index (Phi) is 4.95. The summed E-state index contributed by atoms with van der Waals surface area (Å²) in [5, 5.41) is 9.00. The lowest BCUT2D eigenvalue weighted by Crippen LogP contribution is -2.35. The second kappa shape index (κ2) is 6.47. The smallest absolute Gasteiger partial charge is 0.0434 e. The first-order valence-corrected chi connectivity index (χ1v) is 7.00. The molecular formula is C13H19BrN2O. The summed E-state index contributed by atoms with van der Waals surface area (Å²) in [4.78, 5) is 6.66. The number of piperidine rings is 1. The molecule has 1 aromatic heterocycles. The first kappa shape index (κ1) is 13.0. The van der Waals surface area contributed by atoms with E-state index in [1.54, 1.807) is 0 Å². The molecule has 1 aromatic rings. The average molecular weight is 299 g/mol. The van der Waals surface area contributed by atoms with Crippen LogP contribution in [0.25, 0.3) is 0 Å². The summed E-state index contributed by atoms with van der Waals surface area (Å²) < 4.78 is 1.04. The van der Waals surface area contributed by atoms with Crippen LogP contribution in [-0.2, 0) is 6.54 Å². The zero-order valence-electron chi connectivity index (χ0n) is 9.98. The fraction of sp³-hybridized carbons (Fsp3) is 0.615. The van der Waals surface area contributed by atoms with Crippen molar-refractivity contribution < 1.29 is 5.11 Å². The van der Waals surface area contributed by atoms with Gasteiger partial charge >= 0.3 is 0 Å². The molecule has 1 N–H and O–H groups in total. The third-order valence-corrected chi connectivity index (χ3v) is 3.74. The molecule has 3 nitrogen and oxygen atoms in total. The van der Waals surface area contributed by atoms with E-state index in [1.807, 2.05) is 12.4 Å². The Morgan fingerprint density at radius 2 is 2.35 bits per heavy atom. The SMILES string of the molecule is OCCC1CCCN(Cc2cncc(Br)c2)C1. The van der Waals surface area contributed by atoms with E-state index in [2.05, 4.69) is 31.9 Å². The van der Waals surface area contributed by atoms with Gasteiger partial charge in [0.2, 0.25) is 0 Å². The van der Waals surface area contributed by atoms with Gasteiger partial charge in [0.1, 0.15) is 0 Å². The highest BCUT2D eigenvalue weighted by molar-refractivity contribution is 9.10. The van der Waals surface area contributed by atoms with Gasteiger partial charge < -0.3 is 5.11 Å². The van der Waals surface area contributed by atoms with E-state index in [4.69, 9.17) is 5.11 Å². The van der Waals surface area contributed by atoms with Crippen molar-refractivity contribution in [3.05, 3.63) is 28.5 Å². The quantitative estimate of drug-likeness (QED) is 0.927. The maximum absolute atomic E-state index is 9.00. The number of halogens is 1. The van der Waals surface area contributed by atoms with Gasteiger partial charge in [0.25, 0.3) is 0 Å². The largest absolute Gasteiger partial charge is 0.396 e. The van der Waals surface area contributed by atoms with Crippen LogP contribution in [0.5, 0.6) is 0 Å². The van der Waals surface area contributed by atoms with Crippen LogP contribution in [0.15, 0.2) is 22.9 Å². The Hall–Kier alpha value is -0.450. The predicted octanol–water partition coefficient (Wildman–Crippen LogP) is 2.44. The van der Waals surface area contributed by atoms with Crippen LogP contribution in [0.4, 0.5) is 0 Å². The molecule has 17 heavy (non-hydrogen) atoms. The lowest BCUT2D eigenvalue weighted by atomic mass is 9.95. The maximum atomic E-state index is 9.00. The molecule has 1 unspecified atom stereocenters. The Bertz CT molecular complexity index is 357. The van der Waals surface area contributed by atoms with Crippen LogP contribution in [0, 0.1) is 5.92 Å². The van der Waals surface area contributed by atoms with E-state index >= 15 is 0 Å². The van der Waals surface area contributed by atoms with Gasteiger partial charge in [-0.15, -0.1) is 0 Å². The first-order valence-electron chi connectivity index (χ1n) is 6.20. The van der Waals surface area contributed by atoms with Crippen molar-refractivity contribution in [2.45, 2.75) is 25.8 Å². The Balaban J connectivity index is 1.90. The zero-order chi connectivity index (χ0) is 12.1.